The van der Waals surface area contributed by atoms with Gasteiger partial charge in [0.25, 0.3) is 0 Å². The number of Topliss-reactive ketones (excluding diaryl/α,β-unsaturated/α-hetero) is 1. The highest BCUT2D eigenvalue weighted by Gasteiger charge is 2.39. The van der Waals surface area contributed by atoms with E-state index in [1.54, 1.807) is 19.1 Å². The molecule has 3 atom stereocenters. The van der Waals surface area contributed by atoms with Crippen molar-refractivity contribution in [1.29, 1.82) is 0 Å². The van der Waals surface area contributed by atoms with Crippen LogP contribution in [0.2, 0.25) is 0 Å². The van der Waals surface area contributed by atoms with Gasteiger partial charge in [-0.05, 0) is 63.4 Å². The molecular weight excluding hydrogens is 400 g/mol. The van der Waals surface area contributed by atoms with Gasteiger partial charge in [0.05, 0.1) is 6.61 Å². The van der Waals surface area contributed by atoms with Crippen LogP contribution in [0.3, 0.4) is 0 Å². The van der Waals surface area contributed by atoms with Crippen LogP contribution in [-0.2, 0) is 19.9 Å². The summed E-state index contributed by atoms with van der Waals surface area (Å²) in [5.74, 6) is 0.280. The van der Waals surface area contributed by atoms with Gasteiger partial charge in [-0.15, -0.1) is 0 Å². The molecule has 1 aromatic rings. The molecule has 0 spiro atoms. The van der Waals surface area contributed by atoms with E-state index in [1.165, 1.54) is 0 Å². The Morgan fingerprint density at radius 3 is 2.56 bits per heavy atom. The number of ether oxygens (including phenoxy) is 1. The first-order valence-corrected chi connectivity index (χ1v) is 12.3. The second-order valence-electron chi connectivity index (χ2n) is 8.71. The Hall–Kier alpha value is -2.20. The molecule has 0 saturated heterocycles. The molecule has 0 aliphatic heterocycles. The van der Waals surface area contributed by atoms with E-state index in [0.717, 1.165) is 44.9 Å². The molecule has 2 rings (SSSR count). The monoisotopic (exact) mass is 440 g/mol. The van der Waals surface area contributed by atoms with Crippen molar-refractivity contribution in [3.63, 3.8) is 0 Å². The average molecular weight is 441 g/mol. The maximum absolute atomic E-state index is 12.5. The molecule has 0 bridgehead atoms. The minimum absolute atomic E-state index is 0.121. The molecule has 1 N–H and O–H groups in total. The van der Waals surface area contributed by atoms with Crippen LogP contribution in [0.15, 0.2) is 54.6 Å². The highest BCUT2D eigenvalue weighted by atomic mass is 16.5. The molecule has 0 heterocycles. The van der Waals surface area contributed by atoms with Crippen LogP contribution in [0.5, 0.6) is 0 Å². The zero-order chi connectivity index (χ0) is 23.2. The number of benzene rings is 1. The standard InChI is InChI=1S/C28H40O4/c1-3-5-6-7-8-11-16-23-20-21-26(29)25(23)19-14-10-15-22-28(31,27(30)32-4-2)24-17-12-9-13-18-24/h5-6,9,11-13,16-18,23,25,31H,3-4,7-8,10,14-15,19-22H2,1-2H3/t23-,25+,28?/m0/s1. The Balaban J connectivity index is 1.82. The zero-order valence-electron chi connectivity index (χ0n) is 19.8. The van der Waals surface area contributed by atoms with Crippen LogP contribution in [-0.4, -0.2) is 23.5 Å². The second kappa shape index (κ2) is 14.1. The summed E-state index contributed by atoms with van der Waals surface area (Å²) in [7, 11) is 0. The predicted molar refractivity (Wildman–Crippen MR) is 129 cm³/mol. The van der Waals surface area contributed by atoms with Crippen LogP contribution in [0.25, 0.3) is 0 Å². The quantitative estimate of drug-likeness (QED) is 0.210. The summed E-state index contributed by atoms with van der Waals surface area (Å²) in [6.07, 6.45) is 17.4. The Bertz CT molecular complexity index is 752. The van der Waals surface area contributed by atoms with Crippen LogP contribution < -0.4 is 0 Å². The van der Waals surface area contributed by atoms with Crippen LogP contribution in [0.1, 0.15) is 83.6 Å². The van der Waals surface area contributed by atoms with Gasteiger partial charge in [-0.1, -0.05) is 74.4 Å². The molecule has 1 aliphatic rings. The van der Waals surface area contributed by atoms with E-state index in [-0.39, 0.29) is 12.5 Å². The Morgan fingerprint density at radius 1 is 1.09 bits per heavy atom. The van der Waals surface area contributed by atoms with E-state index in [9.17, 15) is 14.7 Å². The number of ketones is 1. The Kier molecular flexibility index (Phi) is 11.4. The number of rotatable bonds is 14. The van der Waals surface area contributed by atoms with Gasteiger partial charge in [0.2, 0.25) is 0 Å². The maximum atomic E-state index is 12.5. The van der Waals surface area contributed by atoms with Gasteiger partial charge < -0.3 is 9.84 Å². The second-order valence-corrected chi connectivity index (χ2v) is 8.71. The first-order valence-electron chi connectivity index (χ1n) is 12.3. The molecule has 1 unspecified atom stereocenters. The molecule has 1 saturated carbocycles. The lowest BCUT2D eigenvalue weighted by Gasteiger charge is -2.26. The fraction of sp³-hybridized carbons (Fsp3) is 0.571. The molecule has 4 nitrogen and oxygen atoms in total. The van der Waals surface area contributed by atoms with Crippen LogP contribution >= 0.6 is 0 Å². The number of unbranched alkanes of at least 4 members (excludes halogenated alkanes) is 3. The molecule has 1 aromatic carbocycles. The van der Waals surface area contributed by atoms with Gasteiger partial charge in [0, 0.05) is 12.3 Å². The zero-order valence-corrected chi connectivity index (χ0v) is 19.8. The summed E-state index contributed by atoms with van der Waals surface area (Å²) in [4.78, 5) is 24.9. The highest BCUT2D eigenvalue weighted by molar-refractivity contribution is 5.83. The van der Waals surface area contributed by atoms with E-state index in [0.29, 0.717) is 36.5 Å². The van der Waals surface area contributed by atoms with E-state index >= 15 is 0 Å². The van der Waals surface area contributed by atoms with Crippen molar-refractivity contribution < 1.29 is 19.4 Å². The number of aliphatic hydroxyl groups is 1. The topological polar surface area (TPSA) is 63.6 Å². The summed E-state index contributed by atoms with van der Waals surface area (Å²) >= 11 is 0. The molecular formula is C28H40O4. The first kappa shape index (κ1) is 26.1. The maximum Gasteiger partial charge on any atom is 0.342 e. The molecule has 176 valence electrons. The van der Waals surface area contributed by atoms with Crippen molar-refractivity contribution in [3.05, 3.63) is 60.2 Å². The number of hydrogen-bond donors (Lipinski definition) is 1. The third-order valence-electron chi connectivity index (χ3n) is 6.36. The van der Waals surface area contributed by atoms with E-state index in [1.807, 2.05) is 18.2 Å². The first-order chi connectivity index (χ1) is 15.5. The van der Waals surface area contributed by atoms with Crippen molar-refractivity contribution in [2.45, 2.75) is 83.7 Å². The summed E-state index contributed by atoms with van der Waals surface area (Å²) in [6, 6.07) is 9.03. The molecule has 1 aliphatic carbocycles. The van der Waals surface area contributed by atoms with Gasteiger partial charge in [0.15, 0.2) is 5.60 Å². The minimum atomic E-state index is -1.61. The third-order valence-corrected chi connectivity index (χ3v) is 6.36. The van der Waals surface area contributed by atoms with E-state index in [2.05, 4.69) is 31.2 Å². The summed E-state index contributed by atoms with van der Waals surface area (Å²) in [6.45, 7) is 4.12. The Labute approximate surface area is 193 Å². The fourth-order valence-corrected chi connectivity index (χ4v) is 4.54. The number of carbonyl (C=O) groups excluding carboxylic acids is 2. The van der Waals surface area contributed by atoms with Crippen molar-refractivity contribution in [1.82, 2.24) is 0 Å². The van der Waals surface area contributed by atoms with E-state index < -0.39 is 11.6 Å². The van der Waals surface area contributed by atoms with Crippen molar-refractivity contribution in [2.75, 3.05) is 6.61 Å². The highest BCUT2D eigenvalue weighted by Crippen LogP contribution is 2.35. The van der Waals surface area contributed by atoms with E-state index in [4.69, 9.17) is 4.74 Å². The molecule has 1 fully saturated rings. The van der Waals surface area contributed by atoms with Crippen molar-refractivity contribution in [2.24, 2.45) is 11.8 Å². The summed E-state index contributed by atoms with van der Waals surface area (Å²) in [5, 5.41) is 11.1. The van der Waals surface area contributed by atoms with Gasteiger partial charge in [-0.3, -0.25) is 4.79 Å². The normalized spacial score (nSPS) is 20.8. The lowest BCUT2D eigenvalue weighted by Crippen LogP contribution is -2.37. The average Bonchev–Trinajstić information content (AvgIpc) is 3.15. The van der Waals surface area contributed by atoms with Gasteiger partial charge >= 0.3 is 5.97 Å². The fourth-order valence-electron chi connectivity index (χ4n) is 4.54. The van der Waals surface area contributed by atoms with Crippen molar-refractivity contribution in [3.8, 4) is 0 Å². The molecule has 32 heavy (non-hydrogen) atoms. The minimum Gasteiger partial charge on any atom is -0.464 e. The van der Waals surface area contributed by atoms with Gasteiger partial charge in [0.1, 0.15) is 5.78 Å². The number of carbonyl (C=O) groups is 2. The lowest BCUT2D eigenvalue weighted by atomic mass is 9.86. The van der Waals surface area contributed by atoms with Crippen molar-refractivity contribution >= 4 is 11.8 Å². The largest absolute Gasteiger partial charge is 0.464 e. The summed E-state index contributed by atoms with van der Waals surface area (Å²) in [5.41, 5.74) is -1.04. The number of allylic oxidation sites excluding steroid dienone is 4. The number of esters is 1. The molecule has 0 radical (unpaired) electrons. The molecule has 0 aromatic heterocycles. The summed E-state index contributed by atoms with van der Waals surface area (Å²) < 4.78 is 5.15. The van der Waals surface area contributed by atoms with Gasteiger partial charge in [-0.25, -0.2) is 4.79 Å². The van der Waals surface area contributed by atoms with Crippen LogP contribution in [0.4, 0.5) is 0 Å². The lowest BCUT2D eigenvalue weighted by molar-refractivity contribution is -0.167. The molecule has 4 heteroatoms. The predicted octanol–water partition coefficient (Wildman–Crippen LogP) is 6.29. The SMILES string of the molecule is CCC=CCCC=C[C@H]1CCC(=O)[C@@H]1CCCCCC(O)(C(=O)OCC)c1ccccc1. The van der Waals surface area contributed by atoms with Crippen LogP contribution in [0, 0.1) is 11.8 Å². The Morgan fingerprint density at radius 2 is 1.84 bits per heavy atom. The smallest absolute Gasteiger partial charge is 0.342 e. The van der Waals surface area contributed by atoms with Gasteiger partial charge in [-0.2, -0.15) is 0 Å². The number of hydrogen-bond acceptors (Lipinski definition) is 4. The third kappa shape index (κ3) is 7.74. The molecule has 0 amide bonds.